The van der Waals surface area contributed by atoms with Crippen LogP contribution in [0.3, 0.4) is 0 Å². The minimum Gasteiger partial charge on any atom is -0.300 e. The van der Waals surface area contributed by atoms with Crippen molar-refractivity contribution in [1.82, 2.24) is 19.2 Å². The van der Waals surface area contributed by atoms with Crippen LogP contribution >= 0.6 is 11.3 Å². The van der Waals surface area contributed by atoms with Gasteiger partial charge in [-0.15, -0.1) is 11.3 Å². The molecule has 0 bridgehead atoms. The highest BCUT2D eigenvalue weighted by Crippen LogP contribution is 2.38. The summed E-state index contributed by atoms with van der Waals surface area (Å²) in [7, 11) is -3.72. The van der Waals surface area contributed by atoms with Crippen LogP contribution in [0.1, 0.15) is 5.69 Å². The maximum Gasteiger partial charge on any atom is 0.262 e. The number of hydrogen-bond donors (Lipinski definition) is 0. The Morgan fingerprint density at radius 3 is 2.09 bits per heavy atom. The highest BCUT2D eigenvalue weighted by atomic mass is 32.2. The van der Waals surface area contributed by atoms with Gasteiger partial charge in [-0.25, -0.2) is 13.4 Å². The van der Waals surface area contributed by atoms with Crippen LogP contribution in [0.15, 0.2) is 90.1 Å². The molecule has 2 aromatic carbocycles. The van der Waals surface area contributed by atoms with Crippen molar-refractivity contribution in [2.45, 2.75) is 11.4 Å². The maximum absolute atomic E-state index is 13.8. The fraction of sp³-hybridized carbons (Fsp3) is 0.231. The monoisotopic (exact) mass is 490 g/mol. The molecule has 0 atom stereocenters. The van der Waals surface area contributed by atoms with Crippen LogP contribution in [-0.2, 0) is 16.4 Å². The van der Waals surface area contributed by atoms with E-state index in [9.17, 15) is 8.42 Å². The Labute approximate surface area is 204 Å². The van der Waals surface area contributed by atoms with E-state index in [0.29, 0.717) is 36.1 Å². The van der Waals surface area contributed by atoms with E-state index in [-0.39, 0.29) is 5.03 Å². The number of pyridine rings is 1. The molecule has 0 amide bonds. The Kier molecular flexibility index (Phi) is 6.82. The van der Waals surface area contributed by atoms with Crippen LogP contribution in [0.5, 0.6) is 0 Å². The Morgan fingerprint density at radius 2 is 1.44 bits per heavy atom. The van der Waals surface area contributed by atoms with Crippen molar-refractivity contribution in [3.05, 3.63) is 90.8 Å². The molecule has 3 heterocycles. The third-order valence-electron chi connectivity index (χ3n) is 5.98. The Hall–Kier alpha value is -2.91. The van der Waals surface area contributed by atoms with Crippen molar-refractivity contribution in [3.63, 3.8) is 0 Å². The number of rotatable bonds is 7. The Morgan fingerprint density at radius 1 is 0.794 bits per heavy atom. The highest BCUT2D eigenvalue weighted by Gasteiger charge is 2.33. The van der Waals surface area contributed by atoms with Crippen molar-refractivity contribution in [3.8, 4) is 21.0 Å². The molecule has 0 radical (unpaired) electrons. The van der Waals surface area contributed by atoms with Gasteiger partial charge >= 0.3 is 0 Å². The lowest BCUT2D eigenvalue weighted by Crippen LogP contribution is -2.49. The fourth-order valence-electron chi connectivity index (χ4n) is 4.09. The van der Waals surface area contributed by atoms with E-state index in [2.05, 4.69) is 14.9 Å². The lowest BCUT2D eigenvalue weighted by atomic mass is 10.2. The van der Waals surface area contributed by atoms with Crippen molar-refractivity contribution in [1.29, 1.82) is 0 Å². The first-order valence-electron chi connectivity index (χ1n) is 11.4. The van der Waals surface area contributed by atoms with Gasteiger partial charge in [0, 0.05) is 56.6 Å². The number of benzene rings is 2. The zero-order valence-electron chi connectivity index (χ0n) is 18.7. The molecular weight excluding hydrogens is 464 g/mol. The lowest BCUT2D eigenvalue weighted by molar-refractivity contribution is 0.189. The summed E-state index contributed by atoms with van der Waals surface area (Å²) in [5.74, 6) is 0. The van der Waals surface area contributed by atoms with Gasteiger partial charge in [-0.05, 0) is 17.7 Å². The van der Waals surface area contributed by atoms with Gasteiger partial charge < -0.3 is 4.90 Å². The number of aromatic nitrogens is 2. The molecule has 4 aromatic rings. The van der Waals surface area contributed by atoms with Gasteiger partial charge in [-0.1, -0.05) is 66.7 Å². The van der Waals surface area contributed by atoms with Crippen LogP contribution in [0, 0.1) is 0 Å². The van der Waals surface area contributed by atoms with E-state index < -0.39 is 10.0 Å². The second-order valence-electron chi connectivity index (χ2n) is 8.20. The number of nitrogens with zero attached hydrogens (tertiary/aromatic N) is 4. The zero-order valence-corrected chi connectivity index (χ0v) is 20.4. The van der Waals surface area contributed by atoms with Gasteiger partial charge in [0.2, 0.25) is 0 Å². The Balaban J connectivity index is 1.37. The van der Waals surface area contributed by atoms with Crippen molar-refractivity contribution >= 4 is 21.4 Å². The van der Waals surface area contributed by atoms with E-state index in [0.717, 1.165) is 29.8 Å². The molecule has 34 heavy (non-hydrogen) atoms. The number of sulfonamides is 1. The minimum absolute atomic E-state index is 0.157. The molecule has 1 aliphatic rings. The summed E-state index contributed by atoms with van der Waals surface area (Å²) in [5.41, 5.74) is 2.85. The molecule has 5 rings (SSSR count). The van der Waals surface area contributed by atoms with E-state index >= 15 is 0 Å². The van der Waals surface area contributed by atoms with Crippen LogP contribution in [-0.4, -0.2) is 60.3 Å². The topological polar surface area (TPSA) is 66.4 Å². The summed E-state index contributed by atoms with van der Waals surface area (Å²) in [5, 5.41) is 0.872. The first kappa shape index (κ1) is 22.9. The second kappa shape index (κ2) is 10.1. The summed E-state index contributed by atoms with van der Waals surface area (Å²) < 4.78 is 29.1. The smallest absolute Gasteiger partial charge is 0.262 e. The van der Waals surface area contributed by atoms with E-state index in [1.807, 2.05) is 85.1 Å². The van der Waals surface area contributed by atoms with Gasteiger partial charge in [-0.2, -0.15) is 4.31 Å². The van der Waals surface area contributed by atoms with Crippen LogP contribution in [0.2, 0.25) is 0 Å². The molecule has 2 aromatic heterocycles. The number of piperazine rings is 1. The number of thiazole rings is 1. The molecule has 6 nitrogen and oxygen atoms in total. The average Bonchev–Trinajstić information content (AvgIpc) is 3.36. The standard InChI is InChI=1S/C26H26N4O2S2/c31-34(32,30-19-17-29(18-20-30)16-14-23-13-7-8-15-27-23)26-24(21-9-3-1-4-10-21)33-25(28-26)22-11-5-2-6-12-22/h1-13,15H,14,16-20H2. The number of hydrogen-bond acceptors (Lipinski definition) is 6. The average molecular weight is 491 g/mol. The molecule has 1 aliphatic heterocycles. The van der Waals surface area contributed by atoms with E-state index in [1.54, 1.807) is 4.31 Å². The molecular formula is C26H26N4O2S2. The molecule has 8 heteroatoms. The zero-order chi connectivity index (χ0) is 23.4. The molecule has 0 saturated carbocycles. The molecule has 0 unspecified atom stereocenters. The Bertz CT molecular complexity index is 1320. The van der Waals surface area contributed by atoms with Crippen molar-refractivity contribution < 1.29 is 8.42 Å². The first-order chi connectivity index (χ1) is 16.6. The third-order valence-corrected chi connectivity index (χ3v) is 9.09. The second-order valence-corrected chi connectivity index (χ2v) is 11.1. The highest BCUT2D eigenvalue weighted by molar-refractivity contribution is 7.89. The molecule has 1 fully saturated rings. The van der Waals surface area contributed by atoms with E-state index in [4.69, 9.17) is 0 Å². The SMILES string of the molecule is O=S(=O)(c1nc(-c2ccccc2)sc1-c1ccccc1)N1CCN(CCc2ccccn2)CC1. The van der Waals surface area contributed by atoms with Gasteiger partial charge in [0.05, 0.1) is 4.88 Å². The first-order valence-corrected chi connectivity index (χ1v) is 13.6. The molecule has 0 aliphatic carbocycles. The molecule has 174 valence electrons. The third kappa shape index (κ3) is 4.95. The molecule has 0 spiro atoms. The van der Waals surface area contributed by atoms with E-state index in [1.165, 1.54) is 11.3 Å². The minimum atomic E-state index is -3.72. The van der Waals surface area contributed by atoms with Crippen molar-refractivity contribution in [2.75, 3.05) is 32.7 Å². The normalized spacial score (nSPS) is 15.4. The molecule has 0 N–H and O–H groups in total. The van der Waals surface area contributed by atoms with Gasteiger partial charge in [-0.3, -0.25) is 4.98 Å². The quantitative estimate of drug-likeness (QED) is 0.384. The van der Waals surface area contributed by atoms with Crippen LogP contribution < -0.4 is 0 Å². The van der Waals surface area contributed by atoms with Crippen LogP contribution in [0.25, 0.3) is 21.0 Å². The molecule has 1 saturated heterocycles. The van der Waals surface area contributed by atoms with Crippen molar-refractivity contribution in [2.24, 2.45) is 0 Å². The predicted molar refractivity (Wildman–Crippen MR) is 136 cm³/mol. The summed E-state index contributed by atoms with van der Waals surface area (Å²) in [6.07, 6.45) is 2.67. The van der Waals surface area contributed by atoms with Gasteiger partial charge in [0.1, 0.15) is 5.01 Å². The summed E-state index contributed by atoms with van der Waals surface area (Å²) in [6.45, 7) is 3.17. The maximum atomic E-state index is 13.8. The summed E-state index contributed by atoms with van der Waals surface area (Å²) >= 11 is 1.43. The fourth-order valence-corrected chi connectivity index (χ4v) is 7.01. The van der Waals surface area contributed by atoms with Gasteiger partial charge in [0.15, 0.2) is 5.03 Å². The summed E-state index contributed by atoms with van der Waals surface area (Å²) in [4.78, 5) is 12.0. The van der Waals surface area contributed by atoms with Crippen LogP contribution in [0.4, 0.5) is 0 Å². The predicted octanol–water partition coefficient (Wildman–Crippen LogP) is 4.42. The largest absolute Gasteiger partial charge is 0.300 e. The summed E-state index contributed by atoms with van der Waals surface area (Å²) in [6, 6.07) is 25.4. The van der Waals surface area contributed by atoms with Gasteiger partial charge in [0.25, 0.3) is 10.0 Å². The lowest BCUT2D eigenvalue weighted by Gasteiger charge is -2.33.